The Kier molecular flexibility index (Phi) is 7.79. The van der Waals surface area contributed by atoms with Gasteiger partial charge in [-0.1, -0.05) is 18.5 Å². The number of nitrogens with zero attached hydrogens (tertiary/aromatic N) is 4. The van der Waals surface area contributed by atoms with E-state index in [9.17, 15) is 9.90 Å². The standard InChI is InChI=1S/C19H26ClN5O4.ClH/c1-4-19(2,27)11-29-18(26)25-7-5-24(6-8-25)17-22-14-10-15(28-3)13(20)9-12(14)16(21)23-17;/h9-10,27H,4-8,11H2,1-3H3,(H2,21,22,23);1H. The van der Waals surface area contributed by atoms with E-state index in [2.05, 4.69) is 9.97 Å². The van der Waals surface area contributed by atoms with Crippen LogP contribution < -0.4 is 15.4 Å². The van der Waals surface area contributed by atoms with Crippen molar-refractivity contribution < 1.29 is 19.4 Å². The van der Waals surface area contributed by atoms with Crippen molar-refractivity contribution in [1.82, 2.24) is 14.9 Å². The fourth-order valence-electron chi connectivity index (χ4n) is 2.94. The molecule has 0 saturated carbocycles. The van der Waals surface area contributed by atoms with Crippen molar-refractivity contribution in [1.29, 1.82) is 0 Å². The molecule has 1 aromatic carbocycles. The molecule has 30 heavy (non-hydrogen) atoms. The van der Waals surface area contributed by atoms with Crippen molar-refractivity contribution in [3.8, 4) is 5.75 Å². The first-order valence-electron chi connectivity index (χ1n) is 9.44. The Morgan fingerprint density at radius 3 is 2.57 bits per heavy atom. The summed E-state index contributed by atoms with van der Waals surface area (Å²) in [6.45, 7) is 5.44. The molecule has 1 atom stereocenters. The minimum Gasteiger partial charge on any atom is -0.495 e. The Morgan fingerprint density at radius 2 is 1.97 bits per heavy atom. The summed E-state index contributed by atoms with van der Waals surface area (Å²) in [6, 6.07) is 3.42. The third kappa shape index (κ3) is 5.27. The van der Waals surface area contributed by atoms with E-state index in [0.717, 1.165) is 0 Å². The van der Waals surface area contributed by atoms with Crippen LogP contribution in [0.25, 0.3) is 10.9 Å². The number of ether oxygens (including phenoxy) is 2. The molecule has 1 fully saturated rings. The molecule has 3 N–H and O–H groups in total. The average molecular weight is 460 g/mol. The minimum atomic E-state index is -1.02. The second-order valence-electron chi connectivity index (χ2n) is 7.29. The number of nitrogens with two attached hydrogens (primary N) is 1. The van der Waals surface area contributed by atoms with Gasteiger partial charge >= 0.3 is 6.09 Å². The van der Waals surface area contributed by atoms with Crippen LogP contribution in [0.2, 0.25) is 5.02 Å². The molecule has 2 heterocycles. The second kappa shape index (κ2) is 9.72. The van der Waals surface area contributed by atoms with Gasteiger partial charge in [0.1, 0.15) is 18.2 Å². The lowest BCUT2D eigenvalue weighted by atomic mass is 10.1. The van der Waals surface area contributed by atoms with Gasteiger partial charge in [-0.15, -0.1) is 12.4 Å². The molecule has 1 unspecified atom stereocenters. The van der Waals surface area contributed by atoms with Crippen molar-refractivity contribution in [3.05, 3.63) is 17.2 Å². The van der Waals surface area contributed by atoms with Gasteiger partial charge in [-0.3, -0.25) is 0 Å². The molecular weight excluding hydrogens is 433 g/mol. The third-order valence-electron chi connectivity index (χ3n) is 5.08. The lowest BCUT2D eigenvalue weighted by Crippen LogP contribution is -2.50. The number of rotatable bonds is 5. The molecule has 0 radical (unpaired) electrons. The molecule has 1 saturated heterocycles. The number of hydrogen-bond acceptors (Lipinski definition) is 8. The van der Waals surface area contributed by atoms with E-state index in [0.29, 0.717) is 66.0 Å². The highest BCUT2D eigenvalue weighted by Gasteiger charge is 2.27. The predicted molar refractivity (Wildman–Crippen MR) is 119 cm³/mol. The number of hydrogen-bond donors (Lipinski definition) is 2. The number of halogens is 2. The molecule has 1 aliphatic heterocycles. The number of benzene rings is 1. The van der Waals surface area contributed by atoms with E-state index < -0.39 is 11.7 Å². The summed E-state index contributed by atoms with van der Waals surface area (Å²) in [4.78, 5) is 24.8. The van der Waals surface area contributed by atoms with E-state index in [1.165, 1.54) is 7.11 Å². The van der Waals surface area contributed by atoms with E-state index in [4.69, 9.17) is 26.8 Å². The van der Waals surface area contributed by atoms with Gasteiger partial charge in [0, 0.05) is 37.6 Å². The highest BCUT2D eigenvalue weighted by Crippen LogP contribution is 2.32. The molecule has 166 valence electrons. The zero-order chi connectivity index (χ0) is 21.2. The number of carbonyl (C=O) groups excluding carboxylic acids is 1. The number of aromatic nitrogens is 2. The summed E-state index contributed by atoms with van der Waals surface area (Å²) in [6.07, 6.45) is 0.0711. The van der Waals surface area contributed by atoms with Crippen LogP contribution in [0.4, 0.5) is 16.6 Å². The van der Waals surface area contributed by atoms with Crippen LogP contribution in [0.15, 0.2) is 12.1 Å². The van der Waals surface area contributed by atoms with Crippen LogP contribution in [-0.4, -0.2) is 71.6 Å². The van der Waals surface area contributed by atoms with E-state index >= 15 is 0 Å². The van der Waals surface area contributed by atoms with Crippen LogP contribution in [0.1, 0.15) is 20.3 Å². The third-order valence-corrected chi connectivity index (χ3v) is 5.37. The maximum atomic E-state index is 12.2. The molecule has 1 aromatic heterocycles. The van der Waals surface area contributed by atoms with Gasteiger partial charge in [-0.2, -0.15) is 4.98 Å². The number of nitrogen functional groups attached to an aromatic ring is 1. The summed E-state index contributed by atoms with van der Waals surface area (Å²) < 4.78 is 10.5. The van der Waals surface area contributed by atoms with Crippen molar-refractivity contribution in [2.45, 2.75) is 25.9 Å². The number of carbonyl (C=O) groups is 1. The van der Waals surface area contributed by atoms with Gasteiger partial charge in [-0.05, 0) is 19.4 Å². The quantitative estimate of drug-likeness (QED) is 0.700. The molecule has 1 amide bonds. The first-order chi connectivity index (χ1) is 13.7. The van der Waals surface area contributed by atoms with Gasteiger partial charge in [-0.25, -0.2) is 9.78 Å². The monoisotopic (exact) mass is 459 g/mol. The maximum Gasteiger partial charge on any atom is 0.409 e. The number of fused-ring (bicyclic) bond motifs is 1. The predicted octanol–water partition coefficient (Wildman–Crippen LogP) is 2.72. The van der Waals surface area contributed by atoms with Crippen LogP contribution in [-0.2, 0) is 4.74 Å². The summed E-state index contributed by atoms with van der Waals surface area (Å²) in [7, 11) is 1.54. The maximum absolute atomic E-state index is 12.2. The lowest BCUT2D eigenvalue weighted by Gasteiger charge is -2.34. The van der Waals surface area contributed by atoms with Crippen molar-refractivity contribution >= 4 is 52.8 Å². The molecule has 3 rings (SSSR count). The number of methoxy groups -OCH3 is 1. The van der Waals surface area contributed by atoms with Crippen molar-refractivity contribution in [3.63, 3.8) is 0 Å². The average Bonchev–Trinajstić information content (AvgIpc) is 2.72. The molecule has 9 nitrogen and oxygen atoms in total. The second-order valence-corrected chi connectivity index (χ2v) is 7.70. The minimum absolute atomic E-state index is 0. The van der Waals surface area contributed by atoms with Crippen LogP contribution in [0, 0.1) is 0 Å². The fourth-order valence-corrected chi connectivity index (χ4v) is 3.18. The van der Waals surface area contributed by atoms with Crippen molar-refractivity contribution in [2.75, 3.05) is 50.5 Å². The normalized spacial score (nSPS) is 16.0. The lowest BCUT2D eigenvalue weighted by molar-refractivity contribution is -0.0190. The molecule has 1 aliphatic rings. The first kappa shape index (κ1) is 24.0. The topological polar surface area (TPSA) is 114 Å². The van der Waals surface area contributed by atoms with Crippen LogP contribution >= 0.6 is 24.0 Å². The van der Waals surface area contributed by atoms with Gasteiger partial charge in [0.05, 0.1) is 23.3 Å². The zero-order valence-corrected chi connectivity index (χ0v) is 18.8. The number of anilines is 2. The summed E-state index contributed by atoms with van der Waals surface area (Å²) in [5.74, 6) is 1.33. The van der Waals surface area contributed by atoms with E-state index in [1.54, 1.807) is 24.0 Å². The highest BCUT2D eigenvalue weighted by molar-refractivity contribution is 6.33. The summed E-state index contributed by atoms with van der Waals surface area (Å²) in [5.41, 5.74) is 5.73. The molecule has 0 bridgehead atoms. The van der Waals surface area contributed by atoms with Gasteiger partial charge in [0.25, 0.3) is 0 Å². The molecule has 0 spiro atoms. The van der Waals surface area contributed by atoms with Gasteiger partial charge in [0.2, 0.25) is 5.95 Å². The van der Waals surface area contributed by atoms with E-state index in [1.807, 2.05) is 11.8 Å². The number of piperazine rings is 1. The SMILES string of the molecule is CCC(C)(O)COC(=O)N1CCN(c2nc(N)c3cc(Cl)c(OC)cc3n2)CC1.Cl. The smallest absolute Gasteiger partial charge is 0.409 e. The van der Waals surface area contributed by atoms with Crippen molar-refractivity contribution in [2.24, 2.45) is 0 Å². The Balaban J connectivity index is 0.00000320. The van der Waals surface area contributed by atoms with Gasteiger partial charge in [0.15, 0.2) is 0 Å². The molecule has 2 aromatic rings. The summed E-state index contributed by atoms with van der Waals surface area (Å²) >= 11 is 6.16. The Bertz CT molecular complexity index is 904. The zero-order valence-electron chi connectivity index (χ0n) is 17.2. The number of amides is 1. The van der Waals surface area contributed by atoms with Crippen LogP contribution in [0.3, 0.4) is 0 Å². The van der Waals surface area contributed by atoms with Crippen LogP contribution in [0.5, 0.6) is 5.75 Å². The Labute approximate surface area is 186 Å². The van der Waals surface area contributed by atoms with E-state index in [-0.39, 0.29) is 19.0 Å². The molecule has 11 heteroatoms. The Morgan fingerprint density at radius 1 is 1.30 bits per heavy atom. The molecule has 0 aliphatic carbocycles. The summed E-state index contributed by atoms with van der Waals surface area (Å²) in [5, 5.41) is 11.1. The first-order valence-corrected chi connectivity index (χ1v) is 9.81. The largest absolute Gasteiger partial charge is 0.495 e. The number of aliphatic hydroxyl groups is 1. The fraction of sp³-hybridized carbons (Fsp3) is 0.526. The Hall–Kier alpha value is -2.23. The molecular formula is C19H27Cl2N5O4. The highest BCUT2D eigenvalue weighted by atomic mass is 35.5. The van der Waals surface area contributed by atoms with Gasteiger partial charge < -0.3 is 30.1 Å².